The number of fused-ring (bicyclic) bond motifs is 2. The molecule has 5 nitrogen and oxygen atoms in total. The second kappa shape index (κ2) is 10.7. The van der Waals surface area contributed by atoms with Crippen LogP contribution < -0.4 is 9.47 Å². The van der Waals surface area contributed by atoms with Crippen LogP contribution in [-0.4, -0.2) is 23.1 Å². The van der Waals surface area contributed by atoms with Gasteiger partial charge in [0.1, 0.15) is 22.7 Å². The monoisotopic (exact) mass is 546 g/mol. The van der Waals surface area contributed by atoms with Crippen LogP contribution in [0.3, 0.4) is 0 Å². The van der Waals surface area contributed by atoms with Gasteiger partial charge in [-0.05, 0) is 99.5 Å². The summed E-state index contributed by atoms with van der Waals surface area (Å²) in [5.74, 6) is 0.138. The molecule has 0 atom stereocenters. The Balaban J connectivity index is 1.62. The number of hydrogen-bond donors (Lipinski definition) is 0. The molecule has 208 valence electrons. The summed E-state index contributed by atoms with van der Waals surface area (Å²) < 4.78 is 18.0. The van der Waals surface area contributed by atoms with Gasteiger partial charge in [-0.25, -0.2) is 9.59 Å². The van der Waals surface area contributed by atoms with E-state index in [4.69, 9.17) is 14.2 Å². The molecule has 5 rings (SSSR count). The molecule has 0 aliphatic carbocycles. The molecule has 5 aromatic carbocycles. The van der Waals surface area contributed by atoms with Crippen LogP contribution >= 0.6 is 0 Å². The topological polar surface area (TPSA) is 61.8 Å². The molecule has 0 aliphatic rings. The lowest BCUT2D eigenvalue weighted by Crippen LogP contribution is -2.23. The van der Waals surface area contributed by atoms with E-state index >= 15 is 0 Å². The van der Waals surface area contributed by atoms with Crippen LogP contribution in [0, 0.1) is 0 Å². The minimum absolute atomic E-state index is 0.320. The van der Waals surface area contributed by atoms with Crippen LogP contribution in [0.4, 0.5) is 0 Å². The first-order valence-corrected chi connectivity index (χ1v) is 13.7. The van der Waals surface area contributed by atoms with Crippen LogP contribution in [0.5, 0.6) is 11.5 Å². The van der Waals surface area contributed by atoms with Crippen LogP contribution in [0.25, 0.3) is 32.7 Å². The molecular weight excluding hydrogens is 512 g/mol. The summed E-state index contributed by atoms with van der Waals surface area (Å²) in [6.45, 7) is 11.5. The first-order chi connectivity index (χ1) is 19.4. The average molecular weight is 547 g/mol. The Bertz CT molecular complexity index is 1750. The number of hydrogen-bond acceptors (Lipinski definition) is 5. The van der Waals surface area contributed by atoms with E-state index in [1.807, 2.05) is 102 Å². The molecule has 0 saturated carbocycles. The van der Waals surface area contributed by atoms with Crippen LogP contribution in [0.2, 0.25) is 0 Å². The van der Waals surface area contributed by atoms with Crippen molar-refractivity contribution in [2.45, 2.75) is 52.7 Å². The standard InChI is InChI=1S/C36H34O5/c1-35(2,3)40-30-22-20-24-12-8-10-14-28(24)32(30)31-27-13-9-7-11-23(27)19-21-29(31)39-33(37)25-15-17-26(18-16-25)34(38)41-36(4,5)6/h7-22H,1-6H3. The van der Waals surface area contributed by atoms with Crippen molar-refractivity contribution in [1.82, 2.24) is 0 Å². The van der Waals surface area contributed by atoms with E-state index in [1.54, 1.807) is 24.3 Å². The fraction of sp³-hybridized carbons (Fsp3) is 0.222. The number of rotatable bonds is 5. The molecule has 5 aromatic rings. The van der Waals surface area contributed by atoms with Gasteiger partial charge >= 0.3 is 11.9 Å². The summed E-state index contributed by atoms with van der Waals surface area (Å²) in [6.07, 6.45) is 0. The molecule has 0 bridgehead atoms. The highest BCUT2D eigenvalue weighted by molar-refractivity contribution is 6.10. The minimum Gasteiger partial charge on any atom is -0.487 e. The molecule has 0 N–H and O–H groups in total. The molecule has 41 heavy (non-hydrogen) atoms. The van der Waals surface area contributed by atoms with Crippen molar-refractivity contribution in [3.63, 3.8) is 0 Å². The van der Waals surface area contributed by atoms with E-state index in [0.29, 0.717) is 22.6 Å². The number of carbonyl (C=O) groups excluding carboxylic acids is 2. The van der Waals surface area contributed by atoms with Gasteiger partial charge in [0.05, 0.1) is 11.1 Å². The van der Waals surface area contributed by atoms with Crippen molar-refractivity contribution in [1.29, 1.82) is 0 Å². The molecule has 0 aromatic heterocycles. The van der Waals surface area contributed by atoms with Crippen LogP contribution in [0.1, 0.15) is 62.3 Å². The van der Waals surface area contributed by atoms with E-state index in [-0.39, 0.29) is 0 Å². The van der Waals surface area contributed by atoms with Crippen LogP contribution in [-0.2, 0) is 4.74 Å². The summed E-state index contributed by atoms with van der Waals surface area (Å²) in [6, 6.07) is 30.2. The van der Waals surface area contributed by atoms with Crippen molar-refractivity contribution < 1.29 is 23.8 Å². The van der Waals surface area contributed by atoms with Crippen molar-refractivity contribution in [3.05, 3.63) is 108 Å². The molecule has 5 heteroatoms. The molecule has 0 amide bonds. The summed E-state index contributed by atoms with van der Waals surface area (Å²) in [7, 11) is 0. The predicted octanol–water partition coefficient (Wildman–Crippen LogP) is 9.01. The molecular formula is C36H34O5. The molecule has 0 radical (unpaired) electrons. The van der Waals surface area contributed by atoms with Gasteiger partial charge in [-0.2, -0.15) is 0 Å². The third-order valence-corrected chi connectivity index (χ3v) is 6.41. The second-order valence-electron chi connectivity index (χ2n) is 12.0. The van der Waals surface area contributed by atoms with Gasteiger partial charge in [0.15, 0.2) is 0 Å². The zero-order valence-electron chi connectivity index (χ0n) is 24.3. The largest absolute Gasteiger partial charge is 0.487 e. The van der Waals surface area contributed by atoms with E-state index in [2.05, 4.69) is 12.1 Å². The van der Waals surface area contributed by atoms with Crippen LogP contribution in [0.15, 0.2) is 97.1 Å². The van der Waals surface area contributed by atoms with Gasteiger partial charge in [0.2, 0.25) is 0 Å². The maximum absolute atomic E-state index is 13.5. The van der Waals surface area contributed by atoms with Crippen molar-refractivity contribution >= 4 is 33.5 Å². The molecule has 0 spiro atoms. The van der Waals surface area contributed by atoms with Gasteiger partial charge in [0, 0.05) is 11.1 Å². The highest BCUT2D eigenvalue weighted by atomic mass is 16.6. The predicted molar refractivity (Wildman–Crippen MR) is 164 cm³/mol. The Labute approximate surface area is 240 Å². The van der Waals surface area contributed by atoms with Gasteiger partial charge < -0.3 is 14.2 Å². The Morgan fingerprint density at radius 3 is 1.49 bits per heavy atom. The molecule has 0 heterocycles. The third-order valence-electron chi connectivity index (χ3n) is 6.41. The smallest absolute Gasteiger partial charge is 0.343 e. The first-order valence-electron chi connectivity index (χ1n) is 13.7. The zero-order chi connectivity index (χ0) is 29.4. The van der Waals surface area contributed by atoms with E-state index < -0.39 is 23.1 Å². The molecule has 0 fully saturated rings. The Morgan fingerprint density at radius 1 is 0.512 bits per heavy atom. The summed E-state index contributed by atoms with van der Waals surface area (Å²) in [5, 5.41) is 3.99. The van der Waals surface area contributed by atoms with E-state index in [9.17, 15) is 9.59 Å². The first kappa shape index (κ1) is 27.9. The zero-order valence-corrected chi connectivity index (χ0v) is 24.3. The molecule has 0 saturated heterocycles. The van der Waals surface area contributed by atoms with Crippen molar-refractivity contribution in [2.24, 2.45) is 0 Å². The quantitative estimate of drug-likeness (QED) is 0.163. The Hall–Kier alpha value is -4.64. The van der Waals surface area contributed by atoms with Gasteiger partial charge in [-0.3, -0.25) is 0 Å². The third kappa shape index (κ3) is 6.25. The van der Waals surface area contributed by atoms with Crippen molar-refractivity contribution in [3.8, 4) is 22.6 Å². The highest BCUT2D eigenvalue weighted by Gasteiger charge is 2.24. The average Bonchev–Trinajstić information content (AvgIpc) is 2.91. The van der Waals surface area contributed by atoms with Gasteiger partial charge in [-0.1, -0.05) is 60.7 Å². The summed E-state index contributed by atoms with van der Waals surface area (Å²) >= 11 is 0. The second-order valence-corrected chi connectivity index (χ2v) is 12.0. The fourth-order valence-electron chi connectivity index (χ4n) is 4.76. The number of ether oxygens (including phenoxy) is 3. The number of benzene rings is 5. The van der Waals surface area contributed by atoms with Crippen molar-refractivity contribution in [2.75, 3.05) is 0 Å². The molecule has 0 unspecified atom stereocenters. The maximum atomic E-state index is 13.5. The number of carbonyl (C=O) groups is 2. The highest BCUT2D eigenvalue weighted by Crippen LogP contribution is 2.46. The minimum atomic E-state index is -0.613. The lowest BCUT2D eigenvalue weighted by Gasteiger charge is -2.25. The van der Waals surface area contributed by atoms with Gasteiger partial charge in [-0.15, -0.1) is 0 Å². The summed E-state index contributed by atoms with van der Waals surface area (Å²) in [5.41, 5.74) is 1.26. The van der Waals surface area contributed by atoms with E-state index in [1.165, 1.54) is 0 Å². The van der Waals surface area contributed by atoms with Gasteiger partial charge in [0.25, 0.3) is 0 Å². The maximum Gasteiger partial charge on any atom is 0.343 e. The molecule has 0 aliphatic heterocycles. The Morgan fingerprint density at radius 2 is 0.976 bits per heavy atom. The lowest BCUT2D eigenvalue weighted by molar-refractivity contribution is 0.00691. The van der Waals surface area contributed by atoms with E-state index in [0.717, 1.165) is 32.7 Å². The Kier molecular flexibility index (Phi) is 7.31. The number of esters is 2. The summed E-state index contributed by atoms with van der Waals surface area (Å²) in [4.78, 5) is 25.9. The SMILES string of the molecule is CC(C)(C)OC(=O)c1ccc(C(=O)Oc2ccc3ccccc3c2-c2c(OC(C)(C)C)ccc3ccccc23)cc1. The fourth-order valence-corrected chi connectivity index (χ4v) is 4.76. The lowest BCUT2D eigenvalue weighted by atomic mass is 9.92. The normalized spacial score (nSPS) is 11.9.